The normalized spacial score (nSPS) is 12.5. The van der Waals surface area contributed by atoms with Crippen molar-refractivity contribution in [3.63, 3.8) is 0 Å². The van der Waals surface area contributed by atoms with Crippen molar-refractivity contribution in [2.24, 2.45) is 0 Å². The van der Waals surface area contributed by atoms with Gasteiger partial charge in [0.2, 0.25) is 0 Å². The molecule has 0 aliphatic heterocycles. The van der Waals surface area contributed by atoms with E-state index >= 15 is 0 Å². The lowest BCUT2D eigenvalue weighted by molar-refractivity contribution is -0.129. The third-order valence-corrected chi connectivity index (χ3v) is 4.30. The van der Waals surface area contributed by atoms with Crippen LogP contribution in [0.3, 0.4) is 0 Å². The number of hydrogen-bond acceptors (Lipinski definition) is 4. The lowest BCUT2D eigenvalue weighted by Crippen LogP contribution is -2.48. The predicted molar refractivity (Wildman–Crippen MR) is 99.3 cm³/mol. The predicted octanol–water partition coefficient (Wildman–Crippen LogP) is 3.64. The zero-order chi connectivity index (χ0) is 17.7. The van der Waals surface area contributed by atoms with Crippen LogP contribution in [-0.4, -0.2) is 28.8 Å². The second kappa shape index (κ2) is 7.59. The number of terminal acetylenes is 1. The molecule has 0 fully saturated rings. The topological polar surface area (TPSA) is 51.2 Å². The Kier molecular flexibility index (Phi) is 5.74. The van der Waals surface area contributed by atoms with Gasteiger partial charge in [-0.25, -0.2) is 0 Å². The number of ether oxygens (including phenoxy) is 1. The van der Waals surface area contributed by atoms with E-state index in [1.54, 1.807) is 25.6 Å². The van der Waals surface area contributed by atoms with Crippen molar-refractivity contribution in [2.75, 3.05) is 6.26 Å². The number of benzene rings is 1. The number of nitrogens with zero attached hydrogens (tertiary/aromatic N) is 1. The van der Waals surface area contributed by atoms with Gasteiger partial charge in [0.15, 0.2) is 6.10 Å². The van der Waals surface area contributed by atoms with E-state index in [1.807, 2.05) is 37.6 Å². The number of carbonyl (C=O) groups is 1. The molecule has 0 saturated heterocycles. The zero-order valence-corrected chi connectivity index (χ0v) is 15.2. The second-order valence-corrected chi connectivity index (χ2v) is 6.88. The van der Waals surface area contributed by atoms with Crippen LogP contribution in [0.2, 0.25) is 0 Å². The van der Waals surface area contributed by atoms with E-state index in [-0.39, 0.29) is 5.91 Å². The van der Waals surface area contributed by atoms with Crippen molar-refractivity contribution in [1.29, 1.82) is 0 Å². The molecular formula is C19H22N2O2S. The Balaban J connectivity index is 2.20. The molecule has 5 heteroatoms. The highest BCUT2D eigenvalue weighted by Crippen LogP contribution is 2.24. The summed E-state index contributed by atoms with van der Waals surface area (Å²) in [5, 5.41) is 3.80. The molecular weight excluding hydrogens is 320 g/mol. The Morgan fingerprint density at radius 1 is 1.46 bits per heavy atom. The fourth-order valence-electron chi connectivity index (χ4n) is 2.19. The highest BCUT2D eigenvalue weighted by atomic mass is 32.2. The maximum Gasteiger partial charge on any atom is 0.262 e. The number of rotatable bonds is 6. The third kappa shape index (κ3) is 4.42. The highest BCUT2D eigenvalue weighted by Gasteiger charge is 2.24. The van der Waals surface area contributed by atoms with Crippen LogP contribution in [-0.2, 0) is 4.79 Å². The number of carbonyl (C=O) groups excluding carboxylic acids is 1. The molecule has 0 radical (unpaired) electrons. The van der Waals surface area contributed by atoms with E-state index in [0.717, 1.165) is 15.8 Å². The van der Waals surface area contributed by atoms with Crippen LogP contribution in [0.25, 0.3) is 10.9 Å². The van der Waals surface area contributed by atoms with E-state index in [4.69, 9.17) is 11.2 Å². The molecule has 24 heavy (non-hydrogen) atoms. The Hall–Kier alpha value is -2.19. The average molecular weight is 342 g/mol. The zero-order valence-electron chi connectivity index (χ0n) is 14.4. The minimum absolute atomic E-state index is 0.212. The summed E-state index contributed by atoms with van der Waals surface area (Å²) in [6, 6.07) is 7.69. The molecule has 1 aromatic carbocycles. The van der Waals surface area contributed by atoms with Gasteiger partial charge < -0.3 is 10.1 Å². The lowest BCUT2D eigenvalue weighted by atomic mass is 10.1. The number of pyridine rings is 1. The molecule has 2 aromatic rings. The van der Waals surface area contributed by atoms with Crippen molar-refractivity contribution < 1.29 is 9.53 Å². The molecule has 1 amide bonds. The van der Waals surface area contributed by atoms with Crippen LogP contribution in [0, 0.1) is 12.3 Å². The highest BCUT2D eigenvalue weighted by molar-refractivity contribution is 7.98. The summed E-state index contributed by atoms with van der Waals surface area (Å²) in [6.45, 7) is 5.47. The van der Waals surface area contributed by atoms with Crippen molar-refractivity contribution in [3.8, 4) is 18.1 Å². The summed E-state index contributed by atoms with van der Waals surface area (Å²) in [7, 11) is 0. The molecule has 4 nitrogen and oxygen atoms in total. The van der Waals surface area contributed by atoms with Crippen molar-refractivity contribution in [1.82, 2.24) is 10.3 Å². The van der Waals surface area contributed by atoms with Crippen LogP contribution in [0.5, 0.6) is 5.75 Å². The number of thioether (sulfide) groups is 1. The number of amides is 1. The van der Waals surface area contributed by atoms with Crippen molar-refractivity contribution in [3.05, 3.63) is 30.5 Å². The molecule has 1 aromatic heterocycles. The Bertz CT molecular complexity index is 781. The average Bonchev–Trinajstić information content (AvgIpc) is 2.58. The number of nitrogens with one attached hydrogen (secondary N) is 1. The van der Waals surface area contributed by atoms with Crippen LogP contribution in [0.1, 0.15) is 27.2 Å². The van der Waals surface area contributed by atoms with E-state index in [2.05, 4.69) is 22.3 Å². The molecule has 1 atom stereocenters. The standard InChI is InChI=1S/C19H22N2O2S/c1-6-17(18(22)21-19(3,4)7-2)23-14-8-9-16-13(10-14)11-15(24-5)12-20-16/h2,8-12,17H,6H2,1,3-5H3,(H,21,22). The van der Waals surface area contributed by atoms with Gasteiger partial charge in [-0.15, -0.1) is 18.2 Å². The Morgan fingerprint density at radius 3 is 2.83 bits per heavy atom. The van der Waals surface area contributed by atoms with Gasteiger partial charge in [-0.3, -0.25) is 9.78 Å². The third-order valence-electron chi connectivity index (χ3n) is 3.60. The molecule has 1 N–H and O–H groups in total. The molecule has 0 spiro atoms. The minimum Gasteiger partial charge on any atom is -0.481 e. The quantitative estimate of drug-likeness (QED) is 0.643. The molecule has 1 heterocycles. The maximum atomic E-state index is 12.4. The number of hydrogen-bond donors (Lipinski definition) is 1. The Labute approximate surface area is 147 Å². The van der Waals surface area contributed by atoms with Gasteiger partial charge in [-0.1, -0.05) is 12.8 Å². The number of fused-ring (bicyclic) bond motifs is 1. The van der Waals surface area contributed by atoms with Gasteiger partial charge in [0, 0.05) is 16.5 Å². The maximum absolute atomic E-state index is 12.4. The van der Waals surface area contributed by atoms with E-state index in [1.165, 1.54) is 0 Å². The largest absolute Gasteiger partial charge is 0.481 e. The summed E-state index contributed by atoms with van der Waals surface area (Å²) in [5.41, 5.74) is 0.195. The molecule has 126 valence electrons. The summed E-state index contributed by atoms with van der Waals surface area (Å²) in [4.78, 5) is 17.9. The van der Waals surface area contributed by atoms with Crippen molar-refractivity contribution in [2.45, 2.75) is 43.7 Å². The van der Waals surface area contributed by atoms with Gasteiger partial charge in [0.05, 0.1) is 11.1 Å². The molecule has 2 rings (SSSR count). The molecule has 0 aliphatic carbocycles. The first kappa shape index (κ1) is 18.2. The van der Waals surface area contributed by atoms with Crippen LogP contribution >= 0.6 is 11.8 Å². The van der Waals surface area contributed by atoms with Crippen LogP contribution in [0.15, 0.2) is 35.4 Å². The SMILES string of the molecule is C#CC(C)(C)NC(=O)C(CC)Oc1ccc2ncc(SC)cc2c1. The summed E-state index contributed by atoms with van der Waals surface area (Å²) in [5.74, 6) is 2.98. The van der Waals surface area contributed by atoms with Gasteiger partial charge in [0.25, 0.3) is 5.91 Å². The van der Waals surface area contributed by atoms with Gasteiger partial charge in [-0.05, 0) is 50.8 Å². The monoisotopic (exact) mass is 342 g/mol. The fraction of sp³-hybridized carbons (Fsp3) is 0.368. The molecule has 0 saturated carbocycles. The minimum atomic E-state index is -0.700. The first-order valence-corrected chi connectivity index (χ1v) is 9.01. The number of aromatic nitrogens is 1. The molecule has 0 bridgehead atoms. The molecule has 0 aliphatic rings. The van der Waals surface area contributed by atoms with Crippen LogP contribution < -0.4 is 10.1 Å². The van der Waals surface area contributed by atoms with Crippen LogP contribution in [0.4, 0.5) is 0 Å². The lowest BCUT2D eigenvalue weighted by Gasteiger charge is -2.24. The smallest absolute Gasteiger partial charge is 0.262 e. The molecule has 1 unspecified atom stereocenters. The summed E-state index contributed by atoms with van der Waals surface area (Å²) >= 11 is 1.64. The van der Waals surface area contributed by atoms with Crippen molar-refractivity contribution >= 4 is 28.6 Å². The summed E-state index contributed by atoms with van der Waals surface area (Å²) in [6.07, 6.45) is 9.23. The van der Waals surface area contributed by atoms with E-state index in [0.29, 0.717) is 12.2 Å². The first-order chi connectivity index (χ1) is 11.4. The fourth-order valence-corrected chi connectivity index (χ4v) is 2.59. The Morgan fingerprint density at radius 2 is 2.21 bits per heavy atom. The summed E-state index contributed by atoms with van der Waals surface area (Å²) < 4.78 is 5.88. The second-order valence-electron chi connectivity index (χ2n) is 6.00. The van der Waals surface area contributed by atoms with E-state index in [9.17, 15) is 4.79 Å². The van der Waals surface area contributed by atoms with Gasteiger partial charge >= 0.3 is 0 Å². The van der Waals surface area contributed by atoms with Gasteiger partial charge in [-0.2, -0.15) is 0 Å². The van der Waals surface area contributed by atoms with E-state index < -0.39 is 11.6 Å². The van der Waals surface area contributed by atoms with Gasteiger partial charge in [0.1, 0.15) is 5.75 Å². The first-order valence-electron chi connectivity index (χ1n) is 7.78.